The minimum absolute atomic E-state index is 0.0517. The highest BCUT2D eigenvalue weighted by molar-refractivity contribution is 7.92. The van der Waals surface area contributed by atoms with Crippen LogP contribution in [0.5, 0.6) is 0 Å². The zero-order chi connectivity index (χ0) is 15.5. The predicted octanol–water partition coefficient (Wildman–Crippen LogP) is 1.49. The first-order chi connectivity index (χ1) is 9.82. The lowest BCUT2D eigenvalue weighted by Crippen LogP contribution is -2.35. The van der Waals surface area contributed by atoms with E-state index in [9.17, 15) is 16.8 Å². The second-order valence-corrected chi connectivity index (χ2v) is 9.41. The maximum Gasteiger partial charge on any atom is 0.240 e. The molecule has 0 radical (unpaired) electrons. The predicted molar refractivity (Wildman–Crippen MR) is 82.4 cm³/mol. The molecule has 1 atom stereocenters. The third kappa shape index (κ3) is 4.52. The summed E-state index contributed by atoms with van der Waals surface area (Å²) >= 11 is 0. The van der Waals surface area contributed by atoms with Crippen molar-refractivity contribution in [2.24, 2.45) is 0 Å². The van der Waals surface area contributed by atoms with Crippen LogP contribution in [0.4, 0.5) is 0 Å². The van der Waals surface area contributed by atoms with Crippen LogP contribution in [0.15, 0.2) is 29.2 Å². The van der Waals surface area contributed by atoms with Crippen LogP contribution in [0.2, 0.25) is 0 Å². The van der Waals surface area contributed by atoms with Crippen molar-refractivity contribution >= 4 is 19.9 Å². The van der Waals surface area contributed by atoms with E-state index in [1.165, 1.54) is 0 Å². The molecule has 1 aliphatic rings. The Labute approximate surface area is 126 Å². The maximum absolute atomic E-state index is 12.2. The first-order valence-corrected chi connectivity index (χ1v) is 10.4. The summed E-state index contributed by atoms with van der Waals surface area (Å²) in [5, 5.41) is 0. The standard InChI is InChI=1S/C14H21NO4S2/c1-2-3-4-12-5-7-14(8-6-12)21(18,19)15-13-9-10-20(16,17)11-13/h5-8,13,15H,2-4,9-11H2,1H3/t13-/m1/s1. The van der Waals surface area contributed by atoms with Crippen LogP contribution in [0.25, 0.3) is 0 Å². The summed E-state index contributed by atoms with van der Waals surface area (Å²) in [7, 11) is -6.74. The van der Waals surface area contributed by atoms with E-state index >= 15 is 0 Å². The summed E-state index contributed by atoms with van der Waals surface area (Å²) in [6.07, 6.45) is 3.45. The lowest BCUT2D eigenvalue weighted by Gasteiger charge is -2.12. The van der Waals surface area contributed by atoms with Crippen molar-refractivity contribution in [3.8, 4) is 0 Å². The third-order valence-electron chi connectivity index (χ3n) is 3.61. The smallest absolute Gasteiger partial charge is 0.229 e. The second kappa shape index (κ2) is 6.46. The fourth-order valence-corrected chi connectivity index (χ4v) is 5.44. The SMILES string of the molecule is CCCCc1ccc(S(=O)(=O)N[C@@H]2CCS(=O)(=O)C2)cc1. The number of nitrogens with one attached hydrogen (secondary N) is 1. The Bertz CT molecular complexity index is 678. The van der Waals surface area contributed by atoms with Gasteiger partial charge in [-0.05, 0) is 37.0 Å². The lowest BCUT2D eigenvalue weighted by atomic mass is 10.1. The third-order valence-corrected chi connectivity index (χ3v) is 6.91. The van der Waals surface area contributed by atoms with Crippen LogP contribution in [0.3, 0.4) is 0 Å². The molecule has 1 N–H and O–H groups in total. The van der Waals surface area contributed by atoms with Crippen molar-refractivity contribution in [3.05, 3.63) is 29.8 Å². The molecular formula is C14H21NO4S2. The summed E-state index contributed by atoms with van der Waals surface area (Å²) in [6, 6.07) is 6.28. The van der Waals surface area contributed by atoms with E-state index in [2.05, 4.69) is 11.6 Å². The zero-order valence-electron chi connectivity index (χ0n) is 12.1. The first kappa shape index (κ1) is 16.5. The second-order valence-electron chi connectivity index (χ2n) is 5.47. The lowest BCUT2D eigenvalue weighted by molar-refractivity contribution is 0.562. The van der Waals surface area contributed by atoms with Crippen LogP contribution in [0.1, 0.15) is 31.7 Å². The molecule has 7 heteroatoms. The van der Waals surface area contributed by atoms with Gasteiger partial charge < -0.3 is 0 Å². The Morgan fingerprint density at radius 1 is 1.24 bits per heavy atom. The van der Waals surface area contributed by atoms with E-state index in [1.54, 1.807) is 12.1 Å². The fraction of sp³-hybridized carbons (Fsp3) is 0.571. The van der Waals surface area contributed by atoms with Gasteiger partial charge >= 0.3 is 0 Å². The van der Waals surface area contributed by atoms with Crippen molar-refractivity contribution in [1.82, 2.24) is 4.72 Å². The van der Waals surface area contributed by atoms with Gasteiger partial charge in [0.1, 0.15) is 0 Å². The van der Waals surface area contributed by atoms with E-state index in [1.807, 2.05) is 12.1 Å². The molecule has 0 amide bonds. The number of sulfonamides is 1. The van der Waals surface area contributed by atoms with Gasteiger partial charge in [-0.1, -0.05) is 25.5 Å². The maximum atomic E-state index is 12.2. The summed E-state index contributed by atoms with van der Waals surface area (Å²) in [5.41, 5.74) is 1.11. The van der Waals surface area contributed by atoms with Gasteiger partial charge in [-0.15, -0.1) is 0 Å². The molecular weight excluding hydrogens is 310 g/mol. The van der Waals surface area contributed by atoms with Crippen molar-refractivity contribution < 1.29 is 16.8 Å². The van der Waals surface area contributed by atoms with Gasteiger partial charge in [-0.25, -0.2) is 21.6 Å². The van der Waals surface area contributed by atoms with Crippen LogP contribution in [0, 0.1) is 0 Å². The number of hydrogen-bond acceptors (Lipinski definition) is 4. The normalized spacial score (nSPS) is 21.5. The van der Waals surface area contributed by atoms with Crippen LogP contribution in [-0.2, 0) is 26.3 Å². The number of rotatable bonds is 6. The molecule has 0 unspecified atom stereocenters. The number of aryl methyl sites for hydroxylation is 1. The molecule has 21 heavy (non-hydrogen) atoms. The summed E-state index contributed by atoms with van der Waals surface area (Å²) in [6.45, 7) is 2.11. The largest absolute Gasteiger partial charge is 0.240 e. The number of sulfone groups is 1. The average Bonchev–Trinajstić information content (AvgIpc) is 2.75. The van der Waals surface area contributed by atoms with Gasteiger partial charge in [0.05, 0.1) is 16.4 Å². The minimum atomic E-state index is -3.65. The number of hydrogen-bond donors (Lipinski definition) is 1. The van der Waals surface area contributed by atoms with Crippen LogP contribution < -0.4 is 4.72 Å². The van der Waals surface area contributed by atoms with Crippen molar-refractivity contribution in [2.75, 3.05) is 11.5 Å². The van der Waals surface area contributed by atoms with Gasteiger partial charge in [-0.3, -0.25) is 0 Å². The molecule has 0 aliphatic carbocycles. The average molecular weight is 331 g/mol. The molecule has 0 spiro atoms. The Kier molecular flexibility index (Phi) is 5.06. The Hall–Kier alpha value is -0.920. The Morgan fingerprint density at radius 2 is 1.90 bits per heavy atom. The van der Waals surface area contributed by atoms with E-state index in [0.29, 0.717) is 6.42 Å². The minimum Gasteiger partial charge on any atom is -0.229 e. The monoisotopic (exact) mass is 331 g/mol. The van der Waals surface area contributed by atoms with E-state index in [-0.39, 0.29) is 16.4 Å². The van der Waals surface area contributed by atoms with Gasteiger partial charge in [0.25, 0.3) is 0 Å². The quantitative estimate of drug-likeness (QED) is 0.856. The molecule has 0 aromatic heterocycles. The highest BCUT2D eigenvalue weighted by Crippen LogP contribution is 2.17. The van der Waals surface area contributed by atoms with E-state index in [4.69, 9.17) is 0 Å². The summed E-state index contributed by atoms with van der Waals surface area (Å²) in [4.78, 5) is 0.187. The molecule has 0 saturated carbocycles. The Morgan fingerprint density at radius 3 is 2.43 bits per heavy atom. The van der Waals surface area contributed by atoms with Crippen molar-refractivity contribution in [2.45, 2.75) is 43.5 Å². The van der Waals surface area contributed by atoms with E-state index < -0.39 is 25.9 Å². The Balaban J connectivity index is 2.06. The molecule has 0 bridgehead atoms. The molecule has 1 saturated heterocycles. The molecule has 1 aromatic rings. The molecule has 1 aliphatic heterocycles. The van der Waals surface area contributed by atoms with Crippen molar-refractivity contribution in [3.63, 3.8) is 0 Å². The highest BCUT2D eigenvalue weighted by Gasteiger charge is 2.31. The topological polar surface area (TPSA) is 80.3 Å². The molecule has 5 nitrogen and oxygen atoms in total. The highest BCUT2D eigenvalue weighted by atomic mass is 32.2. The molecule has 118 valence electrons. The van der Waals surface area contributed by atoms with Crippen LogP contribution >= 0.6 is 0 Å². The van der Waals surface area contributed by atoms with Gasteiger partial charge in [-0.2, -0.15) is 0 Å². The number of unbranched alkanes of at least 4 members (excludes halogenated alkanes) is 1. The summed E-state index contributed by atoms with van der Waals surface area (Å²) in [5.74, 6) is -0.0586. The summed E-state index contributed by atoms with van der Waals surface area (Å²) < 4.78 is 49.7. The molecule has 1 heterocycles. The van der Waals surface area contributed by atoms with E-state index in [0.717, 1.165) is 24.8 Å². The van der Waals surface area contributed by atoms with Crippen molar-refractivity contribution in [1.29, 1.82) is 0 Å². The van der Waals surface area contributed by atoms with Gasteiger partial charge in [0.15, 0.2) is 9.84 Å². The molecule has 1 aromatic carbocycles. The molecule has 2 rings (SSSR count). The van der Waals surface area contributed by atoms with Gasteiger partial charge in [0, 0.05) is 6.04 Å². The van der Waals surface area contributed by atoms with Crippen LogP contribution in [-0.4, -0.2) is 34.4 Å². The fourth-order valence-electron chi connectivity index (χ4n) is 2.39. The first-order valence-electron chi connectivity index (χ1n) is 7.14. The van der Waals surface area contributed by atoms with Gasteiger partial charge in [0.2, 0.25) is 10.0 Å². The number of benzene rings is 1. The molecule has 1 fully saturated rings. The zero-order valence-corrected chi connectivity index (χ0v) is 13.7.